The third-order valence-electron chi connectivity index (χ3n) is 1.53. The van der Waals surface area contributed by atoms with Crippen molar-refractivity contribution in [3.63, 3.8) is 0 Å². The first-order valence-electron chi connectivity index (χ1n) is 4.45. The summed E-state index contributed by atoms with van der Waals surface area (Å²) in [6.45, 7) is 3.96. The molecule has 0 unspecified atom stereocenters. The Morgan fingerprint density at radius 1 is 1.43 bits per heavy atom. The Morgan fingerprint density at radius 3 is 2.36 bits per heavy atom. The predicted molar refractivity (Wildman–Crippen MR) is 50.9 cm³/mol. The highest BCUT2D eigenvalue weighted by atomic mass is 16.5. The van der Waals surface area contributed by atoms with Gasteiger partial charge in [0.2, 0.25) is 5.91 Å². The van der Waals surface area contributed by atoms with Gasteiger partial charge in [0, 0.05) is 13.7 Å². The monoisotopic (exact) mass is 203 g/mol. The molecule has 0 saturated heterocycles. The summed E-state index contributed by atoms with van der Waals surface area (Å²) in [6.07, 6.45) is 0. The average molecular weight is 203 g/mol. The third-order valence-corrected chi connectivity index (χ3v) is 1.53. The molecule has 14 heavy (non-hydrogen) atoms. The third kappa shape index (κ3) is 5.53. The number of carboxylic acids is 1. The van der Waals surface area contributed by atoms with Crippen LogP contribution in [0.2, 0.25) is 0 Å². The number of amides is 1. The maximum atomic E-state index is 11.4. The van der Waals surface area contributed by atoms with E-state index >= 15 is 0 Å². The van der Waals surface area contributed by atoms with Crippen molar-refractivity contribution in [1.29, 1.82) is 0 Å². The molecule has 0 aromatic rings. The van der Waals surface area contributed by atoms with Gasteiger partial charge in [0.15, 0.2) is 0 Å². The van der Waals surface area contributed by atoms with Crippen molar-refractivity contribution in [2.75, 3.05) is 26.8 Å². The number of rotatable bonds is 6. The number of hydrogen-bond acceptors (Lipinski definition) is 3. The predicted octanol–water partition coefficient (Wildman–Crippen LogP) is 0.202. The van der Waals surface area contributed by atoms with Gasteiger partial charge >= 0.3 is 5.97 Å². The molecule has 0 atom stereocenters. The van der Waals surface area contributed by atoms with Gasteiger partial charge in [-0.05, 0) is 5.92 Å². The lowest BCUT2D eigenvalue weighted by atomic mass is 10.2. The lowest BCUT2D eigenvalue weighted by Crippen LogP contribution is -2.40. The largest absolute Gasteiger partial charge is 0.480 e. The summed E-state index contributed by atoms with van der Waals surface area (Å²) in [4.78, 5) is 23.1. The number of aliphatic carboxylic acids is 1. The van der Waals surface area contributed by atoms with E-state index in [1.165, 1.54) is 12.0 Å². The second-order valence-corrected chi connectivity index (χ2v) is 3.49. The van der Waals surface area contributed by atoms with Crippen LogP contribution in [0.1, 0.15) is 13.8 Å². The molecule has 1 N–H and O–H groups in total. The summed E-state index contributed by atoms with van der Waals surface area (Å²) in [6, 6.07) is 0. The van der Waals surface area contributed by atoms with Crippen LogP contribution in [-0.2, 0) is 14.3 Å². The lowest BCUT2D eigenvalue weighted by Gasteiger charge is -2.22. The molecule has 0 bridgehead atoms. The molecule has 0 saturated carbocycles. The van der Waals surface area contributed by atoms with Gasteiger partial charge in [0.05, 0.1) is 0 Å². The molecule has 82 valence electrons. The highest BCUT2D eigenvalue weighted by molar-refractivity contribution is 5.82. The minimum absolute atomic E-state index is 0.0694. The first-order chi connectivity index (χ1) is 6.47. The summed E-state index contributed by atoms with van der Waals surface area (Å²) in [5, 5.41) is 8.58. The summed E-state index contributed by atoms with van der Waals surface area (Å²) in [5.41, 5.74) is 0. The van der Waals surface area contributed by atoms with E-state index in [1.54, 1.807) is 0 Å². The summed E-state index contributed by atoms with van der Waals surface area (Å²) >= 11 is 0. The van der Waals surface area contributed by atoms with Crippen LogP contribution in [0.4, 0.5) is 0 Å². The fourth-order valence-corrected chi connectivity index (χ4v) is 1.07. The van der Waals surface area contributed by atoms with Crippen LogP contribution < -0.4 is 0 Å². The Kier molecular flexibility index (Phi) is 5.87. The standard InChI is InChI=1S/C9H17NO4/c1-7(2)4-10(5-9(12)13)8(11)6-14-3/h7H,4-6H2,1-3H3,(H,12,13). The fraction of sp³-hybridized carbons (Fsp3) is 0.778. The Labute approximate surface area is 83.6 Å². The van der Waals surface area contributed by atoms with E-state index in [0.29, 0.717) is 6.54 Å². The quantitative estimate of drug-likeness (QED) is 0.669. The Balaban J connectivity index is 4.22. The molecule has 0 fully saturated rings. The summed E-state index contributed by atoms with van der Waals surface area (Å²) < 4.78 is 4.66. The summed E-state index contributed by atoms with van der Waals surface area (Å²) in [5.74, 6) is -1.05. The van der Waals surface area contributed by atoms with Crippen molar-refractivity contribution in [1.82, 2.24) is 4.90 Å². The number of nitrogens with zero attached hydrogens (tertiary/aromatic N) is 1. The van der Waals surface area contributed by atoms with E-state index in [1.807, 2.05) is 13.8 Å². The molecule has 5 nitrogen and oxygen atoms in total. The van der Waals surface area contributed by atoms with Crippen molar-refractivity contribution < 1.29 is 19.4 Å². The topological polar surface area (TPSA) is 66.8 Å². The van der Waals surface area contributed by atoms with Crippen LogP contribution in [0.5, 0.6) is 0 Å². The highest BCUT2D eigenvalue weighted by Gasteiger charge is 2.17. The molecule has 0 aliphatic rings. The zero-order valence-electron chi connectivity index (χ0n) is 8.82. The Bertz CT molecular complexity index is 203. The molecule has 5 heteroatoms. The van der Waals surface area contributed by atoms with E-state index < -0.39 is 5.97 Å². The maximum absolute atomic E-state index is 11.4. The number of methoxy groups -OCH3 is 1. The number of carboxylic acid groups (broad SMARTS) is 1. The van der Waals surface area contributed by atoms with Crippen molar-refractivity contribution >= 4 is 11.9 Å². The molecule has 1 amide bonds. The van der Waals surface area contributed by atoms with Gasteiger partial charge in [-0.2, -0.15) is 0 Å². The molecule has 0 heterocycles. The number of ether oxygens (including phenoxy) is 1. The van der Waals surface area contributed by atoms with Crippen molar-refractivity contribution in [2.45, 2.75) is 13.8 Å². The fourth-order valence-electron chi connectivity index (χ4n) is 1.07. The Morgan fingerprint density at radius 2 is 2.00 bits per heavy atom. The molecule has 0 aliphatic carbocycles. The van der Waals surface area contributed by atoms with Crippen LogP contribution in [0, 0.1) is 5.92 Å². The number of carbonyl (C=O) groups is 2. The highest BCUT2D eigenvalue weighted by Crippen LogP contribution is 1.99. The normalized spacial score (nSPS) is 10.3. The van der Waals surface area contributed by atoms with Gasteiger partial charge in [0.1, 0.15) is 13.2 Å². The van der Waals surface area contributed by atoms with Gasteiger partial charge in [-0.15, -0.1) is 0 Å². The van der Waals surface area contributed by atoms with E-state index in [9.17, 15) is 9.59 Å². The van der Waals surface area contributed by atoms with E-state index in [4.69, 9.17) is 5.11 Å². The minimum atomic E-state index is -1.00. The summed E-state index contributed by atoms with van der Waals surface area (Å²) in [7, 11) is 1.41. The smallest absolute Gasteiger partial charge is 0.323 e. The number of carbonyl (C=O) groups excluding carboxylic acids is 1. The first-order valence-corrected chi connectivity index (χ1v) is 4.45. The second kappa shape index (κ2) is 6.37. The molecule has 0 aliphatic heterocycles. The number of hydrogen-bond donors (Lipinski definition) is 1. The van der Waals surface area contributed by atoms with Crippen molar-refractivity contribution in [3.05, 3.63) is 0 Å². The van der Waals surface area contributed by atoms with Crippen LogP contribution in [-0.4, -0.2) is 48.7 Å². The zero-order chi connectivity index (χ0) is 11.1. The van der Waals surface area contributed by atoms with Crippen LogP contribution >= 0.6 is 0 Å². The van der Waals surface area contributed by atoms with Crippen LogP contribution in [0.25, 0.3) is 0 Å². The van der Waals surface area contributed by atoms with Gasteiger partial charge in [0.25, 0.3) is 0 Å². The average Bonchev–Trinajstić information content (AvgIpc) is 2.01. The van der Waals surface area contributed by atoms with Crippen LogP contribution in [0.15, 0.2) is 0 Å². The second-order valence-electron chi connectivity index (χ2n) is 3.49. The van der Waals surface area contributed by atoms with E-state index in [-0.39, 0.29) is 25.0 Å². The van der Waals surface area contributed by atoms with Gasteiger partial charge in [-0.1, -0.05) is 13.8 Å². The molecule has 0 rings (SSSR count). The van der Waals surface area contributed by atoms with Crippen molar-refractivity contribution in [3.8, 4) is 0 Å². The van der Waals surface area contributed by atoms with Gasteiger partial charge < -0.3 is 14.7 Å². The first kappa shape index (κ1) is 12.9. The van der Waals surface area contributed by atoms with E-state index in [2.05, 4.69) is 4.74 Å². The molecule has 0 aromatic heterocycles. The molecular weight excluding hydrogens is 186 g/mol. The van der Waals surface area contributed by atoms with Crippen LogP contribution in [0.3, 0.4) is 0 Å². The lowest BCUT2D eigenvalue weighted by molar-refractivity contribution is -0.146. The molecule has 0 aromatic carbocycles. The molecule has 0 radical (unpaired) electrons. The zero-order valence-corrected chi connectivity index (χ0v) is 8.82. The van der Waals surface area contributed by atoms with E-state index in [0.717, 1.165) is 0 Å². The SMILES string of the molecule is COCC(=O)N(CC(=O)O)CC(C)C. The minimum Gasteiger partial charge on any atom is -0.480 e. The van der Waals surface area contributed by atoms with Crippen molar-refractivity contribution in [2.24, 2.45) is 5.92 Å². The van der Waals surface area contributed by atoms with Gasteiger partial charge in [-0.25, -0.2) is 0 Å². The maximum Gasteiger partial charge on any atom is 0.323 e. The molecule has 0 spiro atoms. The van der Waals surface area contributed by atoms with Gasteiger partial charge in [-0.3, -0.25) is 9.59 Å². The molecular formula is C9H17NO4. The Hall–Kier alpha value is -1.10.